The Morgan fingerprint density at radius 2 is 1.17 bits per heavy atom. The maximum absolute atomic E-state index is 9.19. The SMILES string of the molecule is N#Cc1ccc(-c2nc(-c3ccccc3)cc(-c3ccc(C45C[C@H]6C[C@H](C4)C[C@@H](C5)C6)cc3)n2)cc1. The second-order valence-corrected chi connectivity index (χ2v) is 11.3. The highest BCUT2D eigenvalue weighted by Gasteiger charge is 2.51. The summed E-state index contributed by atoms with van der Waals surface area (Å²) in [6.45, 7) is 0. The molecule has 4 bridgehead atoms. The van der Waals surface area contributed by atoms with Gasteiger partial charge in [-0.15, -0.1) is 0 Å². The van der Waals surface area contributed by atoms with Gasteiger partial charge in [-0.2, -0.15) is 5.26 Å². The first kappa shape index (κ1) is 21.5. The summed E-state index contributed by atoms with van der Waals surface area (Å²) >= 11 is 0. The van der Waals surface area contributed by atoms with Crippen LogP contribution in [0.4, 0.5) is 0 Å². The summed E-state index contributed by atoms with van der Waals surface area (Å²) in [5.74, 6) is 3.52. The normalized spacial score (nSPS) is 26.0. The summed E-state index contributed by atoms with van der Waals surface area (Å²) < 4.78 is 0. The van der Waals surface area contributed by atoms with Crippen molar-refractivity contribution in [1.29, 1.82) is 5.26 Å². The van der Waals surface area contributed by atoms with Gasteiger partial charge in [0, 0.05) is 16.7 Å². The third-order valence-electron chi connectivity index (χ3n) is 8.90. The molecule has 4 fully saturated rings. The molecule has 0 atom stereocenters. The summed E-state index contributed by atoms with van der Waals surface area (Å²) in [6, 6.07) is 31.4. The summed E-state index contributed by atoms with van der Waals surface area (Å²) in [4.78, 5) is 9.89. The van der Waals surface area contributed by atoms with E-state index in [1.807, 2.05) is 42.5 Å². The largest absolute Gasteiger partial charge is 0.228 e. The van der Waals surface area contributed by atoms with Crippen LogP contribution in [0.1, 0.15) is 49.7 Å². The minimum Gasteiger partial charge on any atom is -0.228 e. The Balaban J connectivity index is 1.28. The average Bonchev–Trinajstić information content (AvgIpc) is 2.93. The van der Waals surface area contributed by atoms with E-state index in [4.69, 9.17) is 9.97 Å². The van der Waals surface area contributed by atoms with Gasteiger partial charge in [-0.1, -0.05) is 54.6 Å². The molecule has 176 valence electrons. The molecule has 0 aliphatic heterocycles. The molecule has 0 N–H and O–H groups in total. The summed E-state index contributed by atoms with van der Waals surface area (Å²) in [7, 11) is 0. The lowest BCUT2D eigenvalue weighted by molar-refractivity contribution is -0.00518. The van der Waals surface area contributed by atoms with E-state index in [-0.39, 0.29) is 0 Å². The second-order valence-electron chi connectivity index (χ2n) is 11.3. The molecule has 0 amide bonds. The van der Waals surface area contributed by atoms with Crippen LogP contribution >= 0.6 is 0 Å². The Kier molecular flexibility index (Phi) is 5.03. The Morgan fingerprint density at radius 1 is 0.639 bits per heavy atom. The van der Waals surface area contributed by atoms with Crippen molar-refractivity contribution in [1.82, 2.24) is 9.97 Å². The van der Waals surface area contributed by atoms with Crippen molar-refractivity contribution in [2.75, 3.05) is 0 Å². The van der Waals surface area contributed by atoms with Gasteiger partial charge in [0.25, 0.3) is 0 Å². The monoisotopic (exact) mass is 467 g/mol. The van der Waals surface area contributed by atoms with Crippen LogP contribution in [0.5, 0.6) is 0 Å². The van der Waals surface area contributed by atoms with Crippen LogP contribution in [-0.2, 0) is 5.41 Å². The minimum atomic E-state index is 0.405. The molecule has 4 aromatic rings. The Morgan fingerprint density at radius 3 is 1.72 bits per heavy atom. The molecule has 8 rings (SSSR count). The van der Waals surface area contributed by atoms with Crippen LogP contribution in [0.15, 0.2) is 84.9 Å². The first-order valence-electron chi connectivity index (χ1n) is 13.2. The molecular weight excluding hydrogens is 438 g/mol. The predicted octanol–water partition coefficient (Wildman–Crippen LogP) is 7.82. The fraction of sp³-hybridized carbons (Fsp3) is 0.303. The van der Waals surface area contributed by atoms with Crippen LogP contribution in [-0.4, -0.2) is 9.97 Å². The van der Waals surface area contributed by atoms with E-state index in [0.29, 0.717) is 16.8 Å². The zero-order valence-electron chi connectivity index (χ0n) is 20.4. The maximum Gasteiger partial charge on any atom is 0.160 e. The minimum absolute atomic E-state index is 0.405. The second kappa shape index (κ2) is 8.42. The predicted molar refractivity (Wildman–Crippen MR) is 143 cm³/mol. The number of nitrogens with zero attached hydrogens (tertiary/aromatic N) is 3. The van der Waals surface area contributed by atoms with Gasteiger partial charge >= 0.3 is 0 Å². The number of nitriles is 1. The molecule has 36 heavy (non-hydrogen) atoms. The fourth-order valence-electron chi connectivity index (χ4n) is 7.63. The van der Waals surface area contributed by atoms with E-state index in [1.165, 1.54) is 44.1 Å². The lowest BCUT2D eigenvalue weighted by Crippen LogP contribution is -2.48. The smallest absolute Gasteiger partial charge is 0.160 e. The maximum atomic E-state index is 9.19. The number of aromatic nitrogens is 2. The van der Waals surface area contributed by atoms with Gasteiger partial charge in [0.2, 0.25) is 0 Å². The third kappa shape index (κ3) is 3.73. The molecular formula is C33H29N3. The number of benzene rings is 3. The summed E-state index contributed by atoms with van der Waals surface area (Å²) in [5.41, 5.74) is 7.53. The molecule has 1 aromatic heterocycles. The van der Waals surface area contributed by atoms with Crippen molar-refractivity contribution in [2.24, 2.45) is 17.8 Å². The Labute approximate surface area is 212 Å². The van der Waals surface area contributed by atoms with Gasteiger partial charge in [0.1, 0.15) is 0 Å². The van der Waals surface area contributed by atoms with Crippen molar-refractivity contribution in [3.8, 4) is 40.0 Å². The molecule has 0 spiro atoms. The van der Waals surface area contributed by atoms with E-state index in [2.05, 4.69) is 48.5 Å². The molecule has 4 saturated carbocycles. The Bertz CT molecular complexity index is 1410. The lowest BCUT2D eigenvalue weighted by Gasteiger charge is -2.57. The number of hydrogen-bond acceptors (Lipinski definition) is 3. The zero-order chi connectivity index (χ0) is 24.1. The van der Waals surface area contributed by atoms with Gasteiger partial charge in [-0.3, -0.25) is 0 Å². The first-order chi connectivity index (χ1) is 17.7. The van der Waals surface area contributed by atoms with Gasteiger partial charge in [0.15, 0.2) is 5.82 Å². The highest BCUT2D eigenvalue weighted by Crippen LogP contribution is 2.60. The van der Waals surface area contributed by atoms with Gasteiger partial charge in [-0.25, -0.2) is 9.97 Å². The molecule has 0 radical (unpaired) electrons. The van der Waals surface area contributed by atoms with Gasteiger partial charge in [0.05, 0.1) is 23.0 Å². The standard InChI is InChI=1S/C33H29N3/c34-21-22-6-8-28(9-7-22)32-35-30(26-4-2-1-3-5-26)17-31(36-32)27-10-12-29(13-11-27)33-18-23-14-24(19-33)16-25(15-23)20-33/h1-13,17,23-25H,14-16,18-20H2/t23-,24-,25-,33?. The van der Waals surface area contributed by atoms with Crippen LogP contribution in [0, 0.1) is 29.1 Å². The zero-order valence-corrected chi connectivity index (χ0v) is 20.4. The van der Waals surface area contributed by atoms with Crippen molar-refractivity contribution in [2.45, 2.75) is 43.9 Å². The lowest BCUT2D eigenvalue weighted by atomic mass is 9.48. The van der Waals surface area contributed by atoms with Gasteiger partial charge < -0.3 is 0 Å². The van der Waals surface area contributed by atoms with E-state index < -0.39 is 0 Å². The van der Waals surface area contributed by atoms with Crippen molar-refractivity contribution >= 4 is 0 Å². The quantitative estimate of drug-likeness (QED) is 0.307. The van der Waals surface area contributed by atoms with Crippen LogP contribution in [0.3, 0.4) is 0 Å². The molecule has 4 aliphatic rings. The summed E-state index contributed by atoms with van der Waals surface area (Å²) in [6.07, 6.45) is 8.56. The first-order valence-corrected chi connectivity index (χ1v) is 13.2. The Hall–Kier alpha value is -3.77. The van der Waals surface area contributed by atoms with E-state index >= 15 is 0 Å². The molecule has 3 nitrogen and oxygen atoms in total. The highest BCUT2D eigenvalue weighted by atomic mass is 14.9. The molecule has 3 heteroatoms. The molecule has 4 aliphatic carbocycles. The molecule has 1 heterocycles. The molecule has 3 aromatic carbocycles. The van der Waals surface area contributed by atoms with Crippen LogP contribution < -0.4 is 0 Å². The average molecular weight is 468 g/mol. The third-order valence-corrected chi connectivity index (χ3v) is 8.90. The van der Waals surface area contributed by atoms with Crippen molar-refractivity contribution in [3.63, 3.8) is 0 Å². The molecule has 0 saturated heterocycles. The topological polar surface area (TPSA) is 49.6 Å². The van der Waals surface area contributed by atoms with Crippen molar-refractivity contribution < 1.29 is 0 Å². The van der Waals surface area contributed by atoms with Crippen molar-refractivity contribution in [3.05, 3.63) is 96.1 Å². The summed E-state index contributed by atoms with van der Waals surface area (Å²) in [5, 5.41) is 9.19. The number of hydrogen-bond donors (Lipinski definition) is 0. The van der Waals surface area contributed by atoms with Crippen LogP contribution in [0.2, 0.25) is 0 Å². The highest BCUT2D eigenvalue weighted by molar-refractivity contribution is 5.72. The molecule has 0 unspecified atom stereocenters. The fourth-order valence-corrected chi connectivity index (χ4v) is 7.63. The number of rotatable bonds is 4. The van der Waals surface area contributed by atoms with E-state index in [0.717, 1.165) is 45.8 Å². The van der Waals surface area contributed by atoms with E-state index in [9.17, 15) is 5.26 Å². The van der Waals surface area contributed by atoms with E-state index in [1.54, 1.807) is 0 Å². The van der Waals surface area contributed by atoms with Gasteiger partial charge in [-0.05, 0) is 97.6 Å². The van der Waals surface area contributed by atoms with Crippen LogP contribution in [0.25, 0.3) is 33.9 Å².